The molecule has 1 fully saturated rings. The molecule has 6 heteroatoms. The highest BCUT2D eigenvalue weighted by Gasteiger charge is 2.24. The van der Waals surface area contributed by atoms with Gasteiger partial charge in [-0.25, -0.2) is 0 Å². The Morgan fingerprint density at radius 3 is 2.52 bits per heavy atom. The van der Waals surface area contributed by atoms with Crippen molar-refractivity contribution in [3.63, 3.8) is 0 Å². The molecule has 0 bridgehead atoms. The number of piperazine rings is 1. The van der Waals surface area contributed by atoms with E-state index >= 15 is 0 Å². The fourth-order valence-corrected chi connectivity index (χ4v) is 2.71. The van der Waals surface area contributed by atoms with Crippen LogP contribution in [-0.2, 0) is 7.05 Å². The monoisotopic (exact) mass is 293 g/mol. The van der Waals surface area contributed by atoms with Crippen molar-refractivity contribution >= 4 is 5.91 Å². The third-order valence-corrected chi connectivity index (χ3v) is 4.30. The number of hydrogen-bond acceptors (Lipinski definition) is 4. The molecule has 1 aliphatic heterocycles. The summed E-state index contributed by atoms with van der Waals surface area (Å²) in [5, 5.41) is 4.15. The van der Waals surface area contributed by atoms with E-state index in [2.05, 4.69) is 10.00 Å². The summed E-state index contributed by atoms with van der Waals surface area (Å²) >= 11 is 0. The van der Waals surface area contributed by atoms with Crippen LogP contribution >= 0.6 is 0 Å². The first-order valence-electron chi connectivity index (χ1n) is 7.83. The Hall–Kier alpha value is -1.40. The second kappa shape index (κ2) is 7.56. The van der Waals surface area contributed by atoms with Crippen LogP contribution in [0.25, 0.3) is 0 Å². The summed E-state index contributed by atoms with van der Waals surface area (Å²) in [6, 6.07) is 0. The molecule has 2 rings (SSSR count). The van der Waals surface area contributed by atoms with E-state index in [1.165, 1.54) is 12.8 Å². The summed E-state index contributed by atoms with van der Waals surface area (Å²) in [6.45, 7) is 7.39. The lowest BCUT2D eigenvalue weighted by Crippen LogP contribution is -2.48. The van der Waals surface area contributed by atoms with Crippen LogP contribution in [0.5, 0.6) is 0 Å². The van der Waals surface area contributed by atoms with Gasteiger partial charge < -0.3 is 10.6 Å². The van der Waals surface area contributed by atoms with Gasteiger partial charge in [-0.3, -0.25) is 14.4 Å². The first-order valence-corrected chi connectivity index (χ1v) is 7.83. The van der Waals surface area contributed by atoms with E-state index in [1.54, 1.807) is 10.9 Å². The van der Waals surface area contributed by atoms with Crippen LogP contribution in [0.2, 0.25) is 0 Å². The van der Waals surface area contributed by atoms with Crippen molar-refractivity contribution in [1.29, 1.82) is 0 Å². The van der Waals surface area contributed by atoms with Gasteiger partial charge in [-0.15, -0.1) is 0 Å². The summed E-state index contributed by atoms with van der Waals surface area (Å²) in [5.41, 5.74) is 7.17. The Morgan fingerprint density at radius 1 is 1.24 bits per heavy atom. The van der Waals surface area contributed by atoms with Crippen LogP contribution in [0.1, 0.15) is 35.3 Å². The molecule has 21 heavy (non-hydrogen) atoms. The van der Waals surface area contributed by atoms with E-state index in [9.17, 15) is 4.79 Å². The van der Waals surface area contributed by atoms with Gasteiger partial charge in [0.05, 0.1) is 11.8 Å². The quantitative estimate of drug-likeness (QED) is 0.781. The van der Waals surface area contributed by atoms with Crippen LogP contribution in [0, 0.1) is 6.92 Å². The molecule has 0 radical (unpaired) electrons. The number of nitrogens with two attached hydrogens (primary N) is 1. The lowest BCUT2D eigenvalue weighted by atomic mass is 10.2. The molecule has 1 aliphatic rings. The summed E-state index contributed by atoms with van der Waals surface area (Å²) in [5.74, 6) is 0.114. The minimum absolute atomic E-state index is 0.114. The van der Waals surface area contributed by atoms with Crippen molar-refractivity contribution in [2.75, 3.05) is 39.3 Å². The zero-order valence-corrected chi connectivity index (χ0v) is 13.2. The highest BCUT2D eigenvalue weighted by atomic mass is 16.2. The maximum Gasteiger partial charge on any atom is 0.257 e. The summed E-state index contributed by atoms with van der Waals surface area (Å²) in [4.78, 5) is 16.9. The van der Waals surface area contributed by atoms with Gasteiger partial charge in [0, 0.05) is 38.9 Å². The molecule has 0 aromatic carbocycles. The topological polar surface area (TPSA) is 67.4 Å². The average molecular weight is 293 g/mol. The van der Waals surface area contributed by atoms with Gasteiger partial charge in [-0.2, -0.15) is 5.10 Å². The fraction of sp³-hybridized carbons (Fsp3) is 0.733. The van der Waals surface area contributed by atoms with Crippen molar-refractivity contribution in [2.24, 2.45) is 12.8 Å². The maximum absolute atomic E-state index is 12.5. The number of hydrogen-bond donors (Lipinski definition) is 1. The van der Waals surface area contributed by atoms with E-state index in [0.29, 0.717) is 0 Å². The number of nitrogens with zero attached hydrogens (tertiary/aromatic N) is 4. The van der Waals surface area contributed by atoms with Gasteiger partial charge in [0.15, 0.2) is 0 Å². The fourth-order valence-electron chi connectivity index (χ4n) is 2.71. The van der Waals surface area contributed by atoms with Gasteiger partial charge >= 0.3 is 0 Å². The Bertz CT molecular complexity index is 463. The van der Waals surface area contributed by atoms with Crippen molar-refractivity contribution < 1.29 is 4.79 Å². The molecule has 0 unspecified atom stereocenters. The minimum Gasteiger partial charge on any atom is -0.336 e. The number of carbonyl (C=O) groups excluding carboxylic acids is 1. The molecule has 0 saturated carbocycles. The van der Waals surface area contributed by atoms with Crippen molar-refractivity contribution in [1.82, 2.24) is 19.6 Å². The van der Waals surface area contributed by atoms with E-state index in [-0.39, 0.29) is 5.91 Å². The molecule has 1 aromatic rings. The first kappa shape index (κ1) is 16.0. The van der Waals surface area contributed by atoms with Gasteiger partial charge in [-0.1, -0.05) is 6.42 Å². The first-order chi connectivity index (χ1) is 10.1. The van der Waals surface area contributed by atoms with Gasteiger partial charge in [0.25, 0.3) is 5.91 Å². The van der Waals surface area contributed by atoms with Crippen LogP contribution in [0.15, 0.2) is 6.20 Å². The lowest BCUT2D eigenvalue weighted by Gasteiger charge is -2.34. The van der Waals surface area contributed by atoms with Gasteiger partial charge in [0.1, 0.15) is 0 Å². The summed E-state index contributed by atoms with van der Waals surface area (Å²) in [6.07, 6.45) is 5.19. The number of amides is 1. The molecular weight excluding hydrogens is 266 g/mol. The molecule has 118 valence electrons. The predicted octanol–water partition coefficient (Wildman–Crippen LogP) is 0.615. The Balaban J connectivity index is 1.78. The largest absolute Gasteiger partial charge is 0.336 e. The summed E-state index contributed by atoms with van der Waals surface area (Å²) < 4.78 is 1.75. The van der Waals surface area contributed by atoms with E-state index < -0.39 is 0 Å². The molecule has 2 heterocycles. The molecule has 1 aromatic heterocycles. The van der Waals surface area contributed by atoms with Crippen LogP contribution < -0.4 is 5.73 Å². The van der Waals surface area contributed by atoms with E-state index in [4.69, 9.17) is 5.73 Å². The highest BCUT2D eigenvalue weighted by molar-refractivity contribution is 5.95. The van der Waals surface area contributed by atoms with Gasteiger partial charge in [-0.05, 0) is 32.9 Å². The SMILES string of the molecule is Cc1c(C(=O)N2CCN(CCCCCN)CC2)cnn1C. The Labute approximate surface area is 126 Å². The number of rotatable bonds is 6. The highest BCUT2D eigenvalue weighted by Crippen LogP contribution is 2.12. The average Bonchev–Trinajstić information content (AvgIpc) is 2.83. The van der Waals surface area contributed by atoms with Crippen molar-refractivity contribution in [3.8, 4) is 0 Å². The van der Waals surface area contributed by atoms with E-state index in [0.717, 1.165) is 56.9 Å². The Kier molecular flexibility index (Phi) is 5.76. The minimum atomic E-state index is 0.114. The zero-order chi connectivity index (χ0) is 15.2. The van der Waals surface area contributed by atoms with E-state index in [1.807, 2.05) is 18.9 Å². The molecule has 0 aliphatic carbocycles. The number of unbranched alkanes of at least 4 members (excludes halogenated alkanes) is 2. The standard InChI is InChI=1S/C15H27N5O/c1-13-14(12-17-18(13)2)15(21)20-10-8-19(9-11-20)7-5-3-4-6-16/h12H,3-11,16H2,1-2H3. The summed E-state index contributed by atoms with van der Waals surface area (Å²) in [7, 11) is 1.87. The smallest absolute Gasteiger partial charge is 0.257 e. The van der Waals surface area contributed by atoms with Gasteiger partial charge in [0.2, 0.25) is 0 Å². The normalized spacial score (nSPS) is 16.4. The van der Waals surface area contributed by atoms with Crippen LogP contribution in [0.3, 0.4) is 0 Å². The second-order valence-electron chi connectivity index (χ2n) is 5.75. The molecule has 0 spiro atoms. The predicted molar refractivity (Wildman–Crippen MR) is 83.2 cm³/mol. The van der Waals surface area contributed by atoms with Crippen molar-refractivity contribution in [3.05, 3.63) is 17.5 Å². The van der Waals surface area contributed by atoms with Crippen LogP contribution in [0.4, 0.5) is 0 Å². The molecule has 2 N–H and O–H groups in total. The third-order valence-electron chi connectivity index (χ3n) is 4.30. The van der Waals surface area contributed by atoms with Crippen LogP contribution in [-0.4, -0.2) is 64.8 Å². The molecule has 1 amide bonds. The number of aromatic nitrogens is 2. The third kappa shape index (κ3) is 4.04. The number of aryl methyl sites for hydroxylation is 1. The second-order valence-corrected chi connectivity index (χ2v) is 5.75. The lowest BCUT2D eigenvalue weighted by molar-refractivity contribution is 0.0634. The zero-order valence-electron chi connectivity index (χ0n) is 13.2. The van der Waals surface area contributed by atoms with Crippen molar-refractivity contribution in [2.45, 2.75) is 26.2 Å². The maximum atomic E-state index is 12.5. The molecule has 1 saturated heterocycles. The number of carbonyl (C=O) groups is 1. The Morgan fingerprint density at radius 2 is 1.95 bits per heavy atom. The molecular formula is C15H27N5O. The molecule has 6 nitrogen and oxygen atoms in total. The molecule has 0 atom stereocenters.